The third-order valence-corrected chi connectivity index (χ3v) is 3.58. The number of carbonyl (C=O) groups excluding carboxylic acids is 2. The van der Waals surface area contributed by atoms with Gasteiger partial charge in [-0.05, 0) is 29.8 Å². The summed E-state index contributed by atoms with van der Waals surface area (Å²) in [5.41, 5.74) is 0.853. The monoisotopic (exact) mass is 357 g/mol. The predicted molar refractivity (Wildman–Crippen MR) is 93.3 cm³/mol. The number of carboxylic acids is 1. The Hall–Kier alpha value is -3.35. The zero-order valence-corrected chi connectivity index (χ0v) is 14.4. The summed E-state index contributed by atoms with van der Waals surface area (Å²) in [7, 11) is 1.49. The summed E-state index contributed by atoms with van der Waals surface area (Å²) in [5.74, 6) is -1.50. The number of hydrogen-bond donors (Lipinski definition) is 2. The molecule has 0 bridgehead atoms. The molecule has 0 aliphatic heterocycles. The molecule has 0 aliphatic carbocycles. The van der Waals surface area contributed by atoms with Gasteiger partial charge in [-0.25, -0.2) is 4.79 Å². The molecule has 2 aromatic carbocycles. The lowest BCUT2D eigenvalue weighted by molar-refractivity contribution is -0.139. The van der Waals surface area contributed by atoms with Gasteiger partial charge in [0.2, 0.25) is 0 Å². The normalized spacial score (nSPS) is 11.3. The first-order valence-electron chi connectivity index (χ1n) is 7.84. The molecule has 2 N–H and O–H groups in total. The molecule has 0 aliphatic rings. The van der Waals surface area contributed by atoms with Crippen molar-refractivity contribution in [2.24, 2.45) is 0 Å². The van der Waals surface area contributed by atoms with Crippen molar-refractivity contribution in [3.8, 4) is 11.5 Å². The molecule has 0 radical (unpaired) electrons. The number of esters is 1. The van der Waals surface area contributed by atoms with Crippen LogP contribution < -0.4 is 14.8 Å². The predicted octanol–water partition coefficient (Wildman–Crippen LogP) is 2.05. The minimum Gasteiger partial charge on any atom is -0.496 e. The van der Waals surface area contributed by atoms with Crippen LogP contribution in [0.4, 0.5) is 0 Å². The third kappa shape index (κ3) is 5.07. The van der Waals surface area contributed by atoms with E-state index in [1.165, 1.54) is 32.2 Å². The molecule has 7 nitrogen and oxygen atoms in total. The van der Waals surface area contributed by atoms with Gasteiger partial charge < -0.3 is 19.9 Å². The lowest BCUT2D eigenvalue weighted by atomic mass is 10.0. The van der Waals surface area contributed by atoms with Gasteiger partial charge in [-0.1, -0.05) is 24.3 Å². The van der Waals surface area contributed by atoms with Gasteiger partial charge in [-0.2, -0.15) is 0 Å². The maximum atomic E-state index is 12.4. The standard InChI is InChI=1S/C19H19NO6/c1-12(21)26-15-8-5-7-14(10-15)18(22)20-16(19(23)24)11-13-6-3-4-9-17(13)25-2/h3-10,16H,11H2,1-2H3,(H,20,22)(H,23,24)/t16-/m0/s1. The van der Waals surface area contributed by atoms with Crippen LogP contribution in [0.15, 0.2) is 48.5 Å². The topological polar surface area (TPSA) is 102 Å². The van der Waals surface area contributed by atoms with Crippen LogP contribution in [0, 0.1) is 0 Å². The van der Waals surface area contributed by atoms with Gasteiger partial charge in [-0.3, -0.25) is 9.59 Å². The second kappa shape index (κ2) is 8.66. The average molecular weight is 357 g/mol. The second-order valence-electron chi connectivity index (χ2n) is 5.50. The van der Waals surface area contributed by atoms with E-state index in [0.29, 0.717) is 11.3 Å². The van der Waals surface area contributed by atoms with E-state index in [9.17, 15) is 19.5 Å². The Morgan fingerprint density at radius 2 is 1.85 bits per heavy atom. The Bertz CT molecular complexity index is 817. The van der Waals surface area contributed by atoms with Crippen molar-refractivity contribution in [2.75, 3.05) is 7.11 Å². The first kappa shape index (κ1) is 19.0. The van der Waals surface area contributed by atoms with E-state index in [0.717, 1.165) is 0 Å². The molecule has 0 saturated heterocycles. The van der Waals surface area contributed by atoms with Crippen LogP contribution in [0.3, 0.4) is 0 Å². The summed E-state index contributed by atoms with van der Waals surface area (Å²) >= 11 is 0. The fourth-order valence-electron chi connectivity index (χ4n) is 2.40. The van der Waals surface area contributed by atoms with E-state index in [2.05, 4.69) is 5.32 Å². The smallest absolute Gasteiger partial charge is 0.326 e. The number of nitrogens with one attached hydrogen (secondary N) is 1. The lowest BCUT2D eigenvalue weighted by Gasteiger charge is -2.16. The van der Waals surface area contributed by atoms with Crippen molar-refractivity contribution < 1.29 is 29.0 Å². The summed E-state index contributed by atoms with van der Waals surface area (Å²) in [6.45, 7) is 1.25. The Balaban J connectivity index is 2.16. The van der Waals surface area contributed by atoms with Crippen molar-refractivity contribution in [3.05, 3.63) is 59.7 Å². The summed E-state index contributed by atoms with van der Waals surface area (Å²) in [4.78, 5) is 35.0. The Morgan fingerprint density at radius 3 is 2.50 bits per heavy atom. The van der Waals surface area contributed by atoms with Gasteiger partial charge in [0.25, 0.3) is 5.91 Å². The fraction of sp³-hybridized carbons (Fsp3) is 0.211. The Labute approximate surface area is 150 Å². The first-order chi connectivity index (χ1) is 12.4. The van der Waals surface area contributed by atoms with Gasteiger partial charge in [0, 0.05) is 18.9 Å². The quantitative estimate of drug-likeness (QED) is 0.581. The van der Waals surface area contributed by atoms with Crippen molar-refractivity contribution in [2.45, 2.75) is 19.4 Å². The van der Waals surface area contributed by atoms with Crippen LogP contribution in [0.5, 0.6) is 11.5 Å². The number of benzene rings is 2. The summed E-state index contributed by atoms with van der Waals surface area (Å²) in [5, 5.41) is 11.9. The highest BCUT2D eigenvalue weighted by atomic mass is 16.5. The molecule has 2 rings (SSSR count). The average Bonchev–Trinajstić information content (AvgIpc) is 2.61. The van der Waals surface area contributed by atoms with Gasteiger partial charge in [-0.15, -0.1) is 0 Å². The lowest BCUT2D eigenvalue weighted by Crippen LogP contribution is -2.42. The molecule has 0 unspecified atom stereocenters. The largest absolute Gasteiger partial charge is 0.496 e. The van der Waals surface area contributed by atoms with E-state index >= 15 is 0 Å². The van der Waals surface area contributed by atoms with E-state index < -0.39 is 23.9 Å². The molecule has 26 heavy (non-hydrogen) atoms. The van der Waals surface area contributed by atoms with E-state index in [4.69, 9.17) is 9.47 Å². The van der Waals surface area contributed by atoms with Gasteiger partial charge in [0.05, 0.1) is 7.11 Å². The molecule has 0 saturated carbocycles. The van der Waals surface area contributed by atoms with Gasteiger partial charge in [0.15, 0.2) is 0 Å². The van der Waals surface area contributed by atoms with Crippen molar-refractivity contribution >= 4 is 17.8 Å². The number of carbonyl (C=O) groups is 3. The zero-order chi connectivity index (χ0) is 19.1. The van der Waals surface area contributed by atoms with E-state index in [1.54, 1.807) is 30.3 Å². The Kier molecular flexibility index (Phi) is 6.32. The number of para-hydroxylation sites is 1. The number of aliphatic carboxylic acids is 1. The molecule has 0 spiro atoms. The molecule has 0 fully saturated rings. The van der Waals surface area contributed by atoms with E-state index in [-0.39, 0.29) is 17.7 Å². The SMILES string of the molecule is COc1ccccc1C[C@H](NC(=O)c1cccc(OC(C)=O)c1)C(=O)O. The van der Waals surface area contributed by atoms with Gasteiger partial charge in [0.1, 0.15) is 17.5 Å². The number of methoxy groups -OCH3 is 1. The van der Waals surface area contributed by atoms with Crippen molar-refractivity contribution in [3.63, 3.8) is 0 Å². The fourth-order valence-corrected chi connectivity index (χ4v) is 2.40. The molecule has 1 amide bonds. The first-order valence-corrected chi connectivity index (χ1v) is 7.84. The van der Waals surface area contributed by atoms with Crippen LogP contribution in [-0.4, -0.2) is 36.1 Å². The molecular formula is C19H19NO6. The number of carboxylic acid groups (broad SMARTS) is 1. The molecular weight excluding hydrogens is 338 g/mol. The maximum absolute atomic E-state index is 12.4. The summed E-state index contributed by atoms with van der Waals surface area (Å²) < 4.78 is 10.1. The van der Waals surface area contributed by atoms with Crippen LogP contribution in [0.25, 0.3) is 0 Å². The highest BCUT2D eigenvalue weighted by Gasteiger charge is 2.22. The molecule has 136 valence electrons. The third-order valence-electron chi connectivity index (χ3n) is 3.58. The number of hydrogen-bond acceptors (Lipinski definition) is 5. The minimum atomic E-state index is -1.17. The number of amides is 1. The van der Waals surface area contributed by atoms with Crippen LogP contribution in [0.2, 0.25) is 0 Å². The van der Waals surface area contributed by atoms with Crippen molar-refractivity contribution in [1.29, 1.82) is 0 Å². The molecule has 0 heterocycles. The summed E-state index contributed by atoms with van der Waals surface area (Å²) in [6, 6.07) is 11.8. The van der Waals surface area contributed by atoms with Crippen LogP contribution >= 0.6 is 0 Å². The molecule has 1 atom stereocenters. The zero-order valence-electron chi connectivity index (χ0n) is 14.4. The highest BCUT2D eigenvalue weighted by molar-refractivity contribution is 5.97. The Morgan fingerprint density at radius 1 is 1.12 bits per heavy atom. The van der Waals surface area contributed by atoms with Gasteiger partial charge >= 0.3 is 11.9 Å². The minimum absolute atomic E-state index is 0.0642. The van der Waals surface area contributed by atoms with Crippen molar-refractivity contribution in [1.82, 2.24) is 5.32 Å². The van der Waals surface area contributed by atoms with Crippen LogP contribution in [-0.2, 0) is 16.0 Å². The van der Waals surface area contributed by atoms with Crippen LogP contribution in [0.1, 0.15) is 22.8 Å². The number of rotatable bonds is 7. The number of ether oxygens (including phenoxy) is 2. The maximum Gasteiger partial charge on any atom is 0.326 e. The van der Waals surface area contributed by atoms with E-state index in [1.807, 2.05) is 0 Å². The summed E-state index contributed by atoms with van der Waals surface area (Å²) in [6.07, 6.45) is 0.0642. The molecule has 2 aromatic rings. The highest BCUT2D eigenvalue weighted by Crippen LogP contribution is 2.19. The molecule has 7 heteroatoms. The molecule has 0 aromatic heterocycles. The second-order valence-corrected chi connectivity index (χ2v) is 5.50.